The van der Waals surface area contributed by atoms with Crippen LogP contribution in [0.5, 0.6) is 0 Å². The van der Waals surface area contributed by atoms with Crippen LogP contribution in [-0.2, 0) is 11.2 Å². The van der Waals surface area contributed by atoms with E-state index in [1.807, 2.05) is 19.3 Å². The second kappa shape index (κ2) is 5.82. The van der Waals surface area contributed by atoms with Crippen LogP contribution in [0.2, 0.25) is 0 Å². The van der Waals surface area contributed by atoms with Gasteiger partial charge < -0.3 is 10.1 Å². The first kappa shape index (κ1) is 12.1. The maximum Gasteiger partial charge on any atom is 0.115 e. The molecule has 3 heteroatoms. The topological polar surface area (TPSA) is 34.2 Å². The molecule has 0 saturated carbocycles. The van der Waals surface area contributed by atoms with E-state index < -0.39 is 0 Å². The van der Waals surface area contributed by atoms with Crippen molar-refractivity contribution in [2.45, 2.75) is 32.2 Å². The van der Waals surface area contributed by atoms with Crippen LogP contribution in [0.25, 0.3) is 0 Å². The minimum Gasteiger partial charge on any atom is -0.496 e. The Balaban J connectivity index is 2.31. The van der Waals surface area contributed by atoms with Crippen molar-refractivity contribution in [1.29, 1.82) is 0 Å². The average molecular weight is 232 g/mol. The highest BCUT2D eigenvalue weighted by atomic mass is 16.5. The first-order valence-corrected chi connectivity index (χ1v) is 6.30. The number of aromatic nitrogens is 1. The van der Waals surface area contributed by atoms with Crippen LogP contribution in [0.3, 0.4) is 0 Å². The predicted molar refractivity (Wildman–Crippen MR) is 68.7 cm³/mol. The fourth-order valence-electron chi connectivity index (χ4n) is 2.20. The molecule has 92 valence electrons. The van der Waals surface area contributed by atoms with Crippen molar-refractivity contribution in [2.75, 3.05) is 13.7 Å². The highest BCUT2D eigenvalue weighted by Crippen LogP contribution is 2.26. The van der Waals surface area contributed by atoms with Crippen LogP contribution in [0.4, 0.5) is 0 Å². The van der Waals surface area contributed by atoms with Crippen molar-refractivity contribution in [1.82, 2.24) is 10.3 Å². The van der Waals surface area contributed by atoms with E-state index in [4.69, 9.17) is 4.74 Å². The van der Waals surface area contributed by atoms with Crippen molar-refractivity contribution in [3.05, 3.63) is 41.4 Å². The molecule has 0 fully saturated rings. The minimum atomic E-state index is 0.0893. The fraction of sp³-hybridized carbons (Fsp3) is 0.500. The normalized spacial score (nSPS) is 17.2. The van der Waals surface area contributed by atoms with Gasteiger partial charge in [-0.05, 0) is 44.0 Å². The quantitative estimate of drug-likeness (QED) is 0.866. The molecule has 1 aliphatic heterocycles. The first-order chi connectivity index (χ1) is 8.36. The zero-order valence-corrected chi connectivity index (χ0v) is 10.6. The van der Waals surface area contributed by atoms with Gasteiger partial charge in [0, 0.05) is 6.20 Å². The third-order valence-corrected chi connectivity index (χ3v) is 3.12. The molecule has 0 radical (unpaired) electrons. The molecule has 0 bridgehead atoms. The van der Waals surface area contributed by atoms with Gasteiger partial charge in [0.05, 0.1) is 12.3 Å². The van der Waals surface area contributed by atoms with Crippen LogP contribution in [0.1, 0.15) is 37.1 Å². The summed E-state index contributed by atoms with van der Waals surface area (Å²) in [6, 6.07) is 4.22. The smallest absolute Gasteiger partial charge is 0.115 e. The van der Waals surface area contributed by atoms with Gasteiger partial charge in [-0.25, -0.2) is 0 Å². The molecule has 2 rings (SSSR count). The van der Waals surface area contributed by atoms with Gasteiger partial charge in [0.25, 0.3) is 0 Å². The standard InChI is InChI=1S/C14H20N2O/c1-3-11-7-6-9-16-13(11)14(15-2)12-8-4-5-10-17-12/h6-9,14-15H,3-5,10H2,1-2H3. The van der Waals surface area contributed by atoms with E-state index in [9.17, 15) is 0 Å². The fourth-order valence-corrected chi connectivity index (χ4v) is 2.20. The lowest BCUT2D eigenvalue weighted by atomic mass is 10.0. The van der Waals surface area contributed by atoms with E-state index in [1.165, 1.54) is 5.56 Å². The molecular formula is C14H20N2O. The third kappa shape index (κ3) is 2.67. The number of hydrogen-bond acceptors (Lipinski definition) is 3. The number of nitrogens with one attached hydrogen (secondary N) is 1. The molecule has 1 aromatic rings. The molecule has 0 saturated heterocycles. The van der Waals surface area contributed by atoms with E-state index in [0.717, 1.165) is 37.3 Å². The van der Waals surface area contributed by atoms with Gasteiger partial charge in [-0.1, -0.05) is 13.0 Å². The summed E-state index contributed by atoms with van der Waals surface area (Å²) in [5.74, 6) is 1.02. The number of allylic oxidation sites excluding steroid dienone is 1. The second-order valence-electron chi connectivity index (χ2n) is 4.22. The summed E-state index contributed by atoms with van der Waals surface area (Å²) in [4.78, 5) is 4.51. The van der Waals surface area contributed by atoms with Crippen molar-refractivity contribution in [3.8, 4) is 0 Å². The van der Waals surface area contributed by atoms with E-state index in [0.29, 0.717) is 0 Å². The maximum atomic E-state index is 5.74. The number of likely N-dealkylation sites (N-methyl/N-ethyl adjacent to an activating group) is 1. The SMILES string of the molecule is CCc1cccnc1C(NC)C1=CCCCO1. The highest BCUT2D eigenvalue weighted by Gasteiger charge is 2.21. The van der Waals surface area contributed by atoms with Crippen LogP contribution in [-0.4, -0.2) is 18.6 Å². The van der Waals surface area contributed by atoms with E-state index in [2.05, 4.69) is 29.4 Å². The molecule has 0 amide bonds. The summed E-state index contributed by atoms with van der Waals surface area (Å²) in [5.41, 5.74) is 2.37. The molecule has 1 atom stereocenters. The van der Waals surface area contributed by atoms with Crippen molar-refractivity contribution < 1.29 is 4.74 Å². The van der Waals surface area contributed by atoms with Crippen LogP contribution < -0.4 is 5.32 Å². The lowest BCUT2D eigenvalue weighted by Gasteiger charge is -2.24. The van der Waals surface area contributed by atoms with E-state index in [1.54, 1.807) is 0 Å². The summed E-state index contributed by atoms with van der Waals surface area (Å²) in [6.45, 7) is 2.97. The molecule has 0 aromatic carbocycles. The van der Waals surface area contributed by atoms with Gasteiger partial charge in [0.1, 0.15) is 11.8 Å². The van der Waals surface area contributed by atoms with Gasteiger partial charge in [0.15, 0.2) is 0 Å². The zero-order valence-electron chi connectivity index (χ0n) is 10.6. The van der Waals surface area contributed by atoms with Crippen LogP contribution in [0.15, 0.2) is 30.2 Å². The lowest BCUT2D eigenvalue weighted by molar-refractivity contribution is 0.168. The molecule has 0 aliphatic carbocycles. The Morgan fingerprint density at radius 1 is 1.53 bits per heavy atom. The van der Waals surface area contributed by atoms with Gasteiger partial charge in [0.2, 0.25) is 0 Å². The van der Waals surface area contributed by atoms with Gasteiger partial charge in [-0.3, -0.25) is 4.98 Å². The lowest BCUT2D eigenvalue weighted by Crippen LogP contribution is -2.24. The Bertz CT molecular complexity index is 401. The molecular weight excluding hydrogens is 212 g/mol. The van der Waals surface area contributed by atoms with Crippen LogP contribution >= 0.6 is 0 Å². The Morgan fingerprint density at radius 3 is 3.06 bits per heavy atom. The maximum absolute atomic E-state index is 5.74. The molecule has 1 aliphatic rings. The van der Waals surface area contributed by atoms with Crippen molar-refractivity contribution >= 4 is 0 Å². The highest BCUT2D eigenvalue weighted by molar-refractivity contribution is 5.28. The minimum absolute atomic E-state index is 0.0893. The molecule has 0 spiro atoms. The first-order valence-electron chi connectivity index (χ1n) is 6.30. The Kier molecular flexibility index (Phi) is 4.15. The Morgan fingerprint density at radius 2 is 2.41 bits per heavy atom. The number of hydrogen-bond donors (Lipinski definition) is 1. The molecule has 1 unspecified atom stereocenters. The van der Waals surface area contributed by atoms with Crippen molar-refractivity contribution in [2.24, 2.45) is 0 Å². The molecule has 1 N–H and O–H groups in total. The Labute approximate surface area is 103 Å². The number of aryl methyl sites for hydroxylation is 1. The summed E-state index contributed by atoms with van der Waals surface area (Å²) in [6.07, 6.45) is 7.24. The van der Waals surface area contributed by atoms with Gasteiger partial charge in [-0.2, -0.15) is 0 Å². The third-order valence-electron chi connectivity index (χ3n) is 3.12. The monoisotopic (exact) mass is 232 g/mol. The number of rotatable bonds is 4. The Hall–Kier alpha value is -1.35. The van der Waals surface area contributed by atoms with Gasteiger partial charge in [-0.15, -0.1) is 0 Å². The number of nitrogens with zero attached hydrogens (tertiary/aromatic N) is 1. The molecule has 17 heavy (non-hydrogen) atoms. The van der Waals surface area contributed by atoms with Gasteiger partial charge >= 0.3 is 0 Å². The summed E-state index contributed by atoms with van der Waals surface area (Å²) in [5, 5.41) is 3.31. The molecule has 2 heterocycles. The van der Waals surface area contributed by atoms with Crippen molar-refractivity contribution in [3.63, 3.8) is 0 Å². The summed E-state index contributed by atoms with van der Waals surface area (Å²) >= 11 is 0. The van der Waals surface area contributed by atoms with Crippen LogP contribution in [0, 0.1) is 0 Å². The predicted octanol–water partition coefficient (Wildman–Crippen LogP) is 2.60. The largest absolute Gasteiger partial charge is 0.496 e. The number of ether oxygens (including phenoxy) is 1. The van der Waals surface area contributed by atoms with E-state index in [-0.39, 0.29) is 6.04 Å². The number of pyridine rings is 1. The molecule has 1 aromatic heterocycles. The second-order valence-corrected chi connectivity index (χ2v) is 4.22. The summed E-state index contributed by atoms with van der Waals surface area (Å²) < 4.78 is 5.74. The average Bonchev–Trinajstić information content (AvgIpc) is 2.41. The summed E-state index contributed by atoms with van der Waals surface area (Å²) in [7, 11) is 1.96. The zero-order chi connectivity index (χ0) is 12.1. The molecule has 3 nitrogen and oxygen atoms in total. The van der Waals surface area contributed by atoms with E-state index >= 15 is 0 Å².